The first-order valence-electron chi connectivity index (χ1n) is 5.40. The molecule has 0 aromatic heterocycles. The summed E-state index contributed by atoms with van der Waals surface area (Å²) in [5.74, 6) is -2.05. The highest BCUT2D eigenvalue weighted by atomic mass is 19.4. The lowest BCUT2D eigenvalue weighted by Gasteiger charge is -2.14. The number of alkyl halides is 3. The topological polar surface area (TPSA) is 78.6 Å². The summed E-state index contributed by atoms with van der Waals surface area (Å²) in [4.78, 5) is 22.0. The standard InChI is InChI=1S/C12H12F3NO4/c1-19-5-8(17)6-20-10-3-2-7(11(16)18)4-9(10)12(13,14)15/h2-4H,5-6H2,1H3,(H2,16,18). The van der Waals surface area contributed by atoms with Gasteiger partial charge in [0.25, 0.3) is 0 Å². The highest BCUT2D eigenvalue weighted by Crippen LogP contribution is 2.36. The zero-order valence-corrected chi connectivity index (χ0v) is 10.5. The molecule has 0 saturated carbocycles. The quantitative estimate of drug-likeness (QED) is 0.859. The zero-order chi connectivity index (χ0) is 15.3. The summed E-state index contributed by atoms with van der Waals surface area (Å²) in [6, 6.07) is 2.62. The van der Waals surface area contributed by atoms with E-state index >= 15 is 0 Å². The van der Waals surface area contributed by atoms with Gasteiger partial charge < -0.3 is 15.2 Å². The lowest BCUT2D eigenvalue weighted by molar-refractivity contribution is -0.139. The molecule has 0 atom stereocenters. The van der Waals surface area contributed by atoms with E-state index in [9.17, 15) is 22.8 Å². The third-order valence-electron chi connectivity index (χ3n) is 2.26. The smallest absolute Gasteiger partial charge is 0.419 e. The molecule has 0 radical (unpaired) electrons. The Kier molecular flexibility index (Phi) is 5.09. The van der Waals surface area contributed by atoms with Crippen LogP contribution in [0.2, 0.25) is 0 Å². The number of ketones is 1. The molecule has 1 rings (SSSR count). The van der Waals surface area contributed by atoms with Gasteiger partial charge in [-0.15, -0.1) is 0 Å². The lowest BCUT2D eigenvalue weighted by atomic mass is 10.1. The molecular weight excluding hydrogens is 279 g/mol. The van der Waals surface area contributed by atoms with Crippen LogP contribution in [-0.4, -0.2) is 32.0 Å². The van der Waals surface area contributed by atoms with Crippen LogP contribution in [0.25, 0.3) is 0 Å². The Morgan fingerprint density at radius 2 is 1.90 bits per heavy atom. The van der Waals surface area contributed by atoms with Gasteiger partial charge in [-0.2, -0.15) is 13.2 Å². The van der Waals surface area contributed by atoms with Crippen molar-refractivity contribution >= 4 is 11.7 Å². The lowest BCUT2D eigenvalue weighted by Crippen LogP contribution is -2.19. The van der Waals surface area contributed by atoms with Gasteiger partial charge >= 0.3 is 6.18 Å². The van der Waals surface area contributed by atoms with Crippen molar-refractivity contribution in [2.45, 2.75) is 6.18 Å². The van der Waals surface area contributed by atoms with Gasteiger partial charge in [0, 0.05) is 12.7 Å². The Labute approximate surface area is 112 Å². The molecule has 110 valence electrons. The summed E-state index contributed by atoms with van der Waals surface area (Å²) in [5, 5.41) is 0. The fourth-order valence-corrected chi connectivity index (χ4v) is 1.39. The van der Waals surface area contributed by atoms with Crippen LogP contribution in [0.3, 0.4) is 0 Å². The predicted octanol–water partition coefficient (Wildman–Crippen LogP) is 1.40. The average Bonchev–Trinajstić information content (AvgIpc) is 2.35. The molecule has 0 saturated heterocycles. The van der Waals surface area contributed by atoms with Gasteiger partial charge in [0.05, 0.1) is 5.56 Å². The van der Waals surface area contributed by atoms with E-state index in [4.69, 9.17) is 10.5 Å². The van der Waals surface area contributed by atoms with Gasteiger partial charge in [0.2, 0.25) is 5.91 Å². The van der Waals surface area contributed by atoms with Crippen molar-refractivity contribution in [1.29, 1.82) is 0 Å². The van der Waals surface area contributed by atoms with E-state index in [-0.39, 0.29) is 12.2 Å². The summed E-state index contributed by atoms with van der Waals surface area (Å²) < 4.78 is 47.8. The number of amides is 1. The Morgan fingerprint density at radius 1 is 1.25 bits per heavy atom. The summed E-state index contributed by atoms with van der Waals surface area (Å²) in [5.41, 5.74) is 3.45. The molecule has 1 aromatic rings. The number of ether oxygens (including phenoxy) is 2. The van der Waals surface area contributed by atoms with Crippen LogP contribution in [0, 0.1) is 0 Å². The molecule has 2 N–H and O–H groups in total. The molecule has 0 heterocycles. The van der Waals surface area contributed by atoms with Gasteiger partial charge in [0.15, 0.2) is 5.78 Å². The Balaban J connectivity index is 3.01. The fourth-order valence-electron chi connectivity index (χ4n) is 1.39. The largest absolute Gasteiger partial charge is 0.485 e. The van der Waals surface area contributed by atoms with Crippen molar-refractivity contribution in [3.63, 3.8) is 0 Å². The molecule has 20 heavy (non-hydrogen) atoms. The van der Waals surface area contributed by atoms with Gasteiger partial charge in [-0.1, -0.05) is 0 Å². The van der Waals surface area contributed by atoms with Crippen LogP contribution in [0.15, 0.2) is 18.2 Å². The number of benzene rings is 1. The SMILES string of the molecule is COCC(=O)COc1ccc(C(N)=O)cc1C(F)(F)F. The summed E-state index contributed by atoms with van der Waals surface area (Å²) in [7, 11) is 1.28. The van der Waals surface area contributed by atoms with Crippen LogP contribution in [0.5, 0.6) is 5.75 Å². The van der Waals surface area contributed by atoms with Gasteiger partial charge in [-0.25, -0.2) is 0 Å². The first kappa shape index (κ1) is 16.0. The van der Waals surface area contributed by atoms with Gasteiger partial charge in [-0.3, -0.25) is 9.59 Å². The molecule has 0 aliphatic heterocycles. The van der Waals surface area contributed by atoms with E-state index < -0.39 is 35.8 Å². The van der Waals surface area contributed by atoms with E-state index in [1.165, 1.54) is 7.11 Å². The molecule has 1 aromatic carbocycles. The average molecular weight is 291 g/mol. The van der Waals surface area contributed by atoms with Crippen molar-refractivity contribution in [1.82, 2.24) is 0 Å². The monoisotopic (exact) mass is 291 g/mol. The van der Waals surface area contributed by atoms with E-state index in [2.05, 4.69) is 4.74 Å². The first-order chi connectivity index (χ1) is 9.25. The van der Waals surface area contributed by atoms with Gasteiger partial charge in [-0.05, 0) is 18.2 Å². The molecule has 1 amide bonds. The molecule has 0 spiro atoms. The molecule has 0 bridgehead atoms. The normalized spacial score (nSPS) is 11.2. The van der Waals surface area contributed by atoms with Crippen molar-refractivity contribution in [2.24, 2.45) is 5.73 Å². The number of hydrogen-bond acceptors (Lipinski definition) is 4. The Morgan fingerprint density at radius 3 is 2.40 bits per heavy atom. The second-order valence-electron chi connectivity index (χ2n) is 3.83. The fraction of sp³-hybridized carbons (Fsp3) is 0.333. The highest BCUT2D eigenvalue weighted by molar-refractivity contribution is 5.93. The Bertz CT molecular complexity index is 514. The second-order valence-corrected chi connectivity index (χ2v) is 3.83. The zero-order valence-electron chi connectivity index (χ0n) is 10.5. The van der Waals surface area contributed by atoms with Crippen LogP contribution >= 0.6 is 0 Å². The maximum Gasteiger partial charge on any atom is 0.419 e. The summed E-state index contributed by atoms with van der Waals surface area (Å²) in [6.07, 6.45) is -4.73. The van der Waals surface area contributed by atoms with Gasteiger partial charge in [0.1, 0.15) is 19.0 Å². The minimum absolute atomic E-state index is 0.263. The molecule has 0 aliphatic rings. The van der Waals surface area contributed by atoms with Crippen molar-refractivity contribution in [3.8, 4) is 5.75 Å². The number of nitrogens with two attached hydrogens (primary N) is 1. The highest BCUT2D eigenvalue weighted by Gasteiger charge is 2.35. The third kappa shape index (κ3) is 4.23. The second kappa shape index (κ2) is 6.38. The minimum Gasteiger partial charge on any atom is -0.485 e. The van der Waals surface area contributed by atoms with Crippen LogP contribution in [0.1, 0.15) is 15.9 Å². The predicted molar refractivity (Wildman–Crippen MR) is 62.3 cm³/mol. The molecule has 0 unspecified atom stereocenters. The number of Topliss-reactive ketones (excluding diaryl/α,β-unsaturated/α-hetero) is 1. The van der Waals surface area contributed by atoms with E-state index in [0.717, 1.165) is 12.1 Å². The summed E-state index contributed by atoms with van der Waals surface area (Å²) in [6.45, 7) is -0.826. The first-order valence-corrected chi connectivity index (χ1v) is 5.40. The van der Waals surface area contributed by atoms with Crippen molar-refractivity contribution < 1.29 is 32.2 Å². The maximum absolute atomic E-state index is 12.8. The Hall–Kier alpha value is -2.09. The van der Waals surface area contributed by atoms with Crippen LogP contribution < -0.4 is 10.5 Å². The molecular formula is C12H12F3NO4. The van der Waals surface area contributed by atoms with E-state index in [1.807, 2.05) is 0 Å². The maximum atomic E-state index is 12.8. The molecule has 0 fully saturated rings. The summed E-state index contributed by atoms with van der Waals surface area (Å²) >= 11 is 0. The molecule has 0 aliphatic carbocycles. The number of hydrogen-bond donors (Lipinski definition) is 1. The number of carbonyl (C=O) groups excluding carboxylic acids is 2. The third-order valence-corrected chi connectivity index (χ3v) is 2.26. The van der Waals surface area contributed by atoms with E-state index in [0.29, 0.717) is 6.07 Å². The number of carbonyl (C=O) groups is 2. The van der Waals surface area contributed by atoms with Crippen molar-refractivity contribution in [3.05, 3.63) is 29.3 Å². The van der Waals surface area contributed by atoms with Crippen molar-refractivity contribution in [2.75, 3.05) is 20.3 Å². The minimum atomic E-state index is -4.73. The number of halogens is 3. The molecule has 5 nitrogen and oxygen atoms in total. The molecule has 8 heteroatoms. The van der Waals surface area contributed by atoms with E-state index in [1.54, 1.807) is 0 Å². The number of primary amides is 1. The van der Waals surface area contributed by atoms with Crippen LogP contribution in [-0.2, 0) is 15.7 Å². The van der Waals surface area contributed by atoms with Crippen LogP contribution in [0.4, 0.5) is 13.2 Å². The number of rotatable bonds is 6. The number of methoxy groups -OCH3 is 1.